The van der Waals surface area contributed by atoms with Gasteiger partial charge in [0.1, 0.15) is 0 Å². The van der Waals surface area contributed by atoms with Gasteiger partial charge < -0.3 is 10.2 Å². The molecule has 1 saturated heterocycles. The molecule has 24 heavy (non-hydrogen) atoms. The highest BCUT2D eigenvalue weighted by atomic mass is 32.2. The van der Waals surface area contributed by atoms with Crippen LogP contribution in [-0.4, -0.2) is 43.4 Å². The van der Waals surface area contributed by atoms with Crippen molar-refractivity contribution in [2.45, 2.75) is 45.2 Å². The highest BCUT2D eigenvalue weighted by Crippen LogP contribution is 2.25. The van der Waals surface area contributed by atoms with E-state index < -0.39 is 9.84 Å². The van der Waals surface area contributed by atoms with E-state index in [0.29, 0.717) is 19.5 Å². The maximum absolute atomic E-state index is 12.6. The fraction of sp³-hybridized carbons (Fsp3) is 0.611. The van der Waals surface area contributed by atoms with Crippen LogP contribution in [-0.2, 0) is 22.8 Å². The molecule has 5 nitrogen and oxygen atoms in total. The minimum atomic E-state index is -2.93. The van der Waals surface area contributed by atoms with Crippen molar-refractivity contribution in [2.24, 2.45) is 5.92 Å². The van der Waals surface area contributed by atoms with Gasteiger partial charge in [-0.15, -0.1) is 0 Å². The minimum absolute atomic E-state index is 0.0462. The van der Waals surface area contributed by atoms with Crippen LogP contribution in [0.2, 0.25) is 0 Å². The second kappa shape index (κ2) is 7.13. The zero-order chi connectivity index (χ0) is 17.2. The van der Waals surface area contributed by atoms with E-state index in [1.807, 2.05) is 17.0 Å². The normalized spacial score (nSPS) is 25.8. The number of rotatable bonds is 3. The number of carbonyl (C=O) groups excluding carboxylic acids is 1. The Morgan fingerprint density at radius 1 is 1.29 bits per heavy atom. The maximum Gasteiger partial charge on any atom is 0.317 e. The van der Waals surface area contributed by atoms with E-state index in [9.17, 15) is 13.2 Å². The molecule has 0 aromatic heterocycles. The van der Waals surface area contributed by atoms with E-state index in [4.69, 9.17) is 0 Å². The Bertz CT molecular complexity index is 702. The molecule has 6 heteroatoms. The van der Waals surface area contributed by atoms with Crippen molar-refractivity contribution in [3.63, 3.8) is 0 Å². The molecule has 0 aliphatic carbocycles. The van der Waals surface area contributed by atoms with Crippen LogP contribution < -0.4 is 5.32 Å². The van der Waals surface area contributed by atoms with Gasteiger partial charge in [0.25, 0.3) is 0 Å². The van der Waals surface area contributed by atoms with Gasteiger partial charge in [-0.25, -0.2) is 13.2 Å². The molecule has 2 aliphatic heterocycles. The number of nitrogens with one attached hydrogen (secondary N) is 1. The van der Waals surface area contributed by atoms with Gasteiger partial charge in [0.05, 0.1) is 11.5 Å². The van der Waals surface area contributed by atoms with Gasteiger partial charge in [-0.1, -0.05) is 31.2 Å². The van der Waals surface area contributed by atoms with Crippen LogP contribution >= 0.6 is 0 Å². The third kappa shape index (κ3) is 3.91. The Kier molecular flexibility index (Phi) is 5.13. The van der Waals surface area contributed by atoms with Gasteiger partial charge in [-0.05, 0) is 42.7 Å². The van der Waals surface area contributed by atoms with Crippen molar-refractivity contribution in [1.82, 2.24) is 10.2 Å². The lowest BCUT2D eigenvalue weighted by molar-refractivity contribution is 0.159. The number of urea groups is 1. The molecule has 0 radical (unpaired) electrons. The highest BCUT2D eigenvalue weighted by molar-refractivity contribution is 7.91. The monoisotopic (exact) mass is 350 g/mol. The molecule has 2 atom stereocenters. The van der Waals surface area contributed by atoms with Gasteiger partial charge in [-0.2, -0.15) is 0 Å². The van der Waals surface area contributed by atoms with Gasteiger partial charge >= 0.3 is 6.03 Å². The largest absolute Gasteiger partial charge is 0.338 e. The number of sulfone groups is 1. The summed E-state index contributed by atoms with van der Waals surface area (Å²) in [5.41, 5.74) is 2.53. The lowest BCUT2D eigenvalue weighted by Crippen LogP contribution is -2.50. The quantitative estimate of drug-likeness (QED) is 0.910. The molecular weight excluding hydrogens is 324 g/mol. The molecule has 1 aromatic rings. The summed E-state index contributed by atoms with van der Waals surface area (Å²) in [5, 5.41) is 2.98. The highest BCUT2D eigenvalue weighted by Gasteiger charge is 2.30. The Morgan fingerprint density at radius 3 is 2.75 bits per heavy atom. The molecule has 1 fully saturated rings. The van der Waals surface area contributed by atoms with Crippen LogP contribution in [0, 0.1) is 5.92 Å². The van der Waals surface area contributed by atoms with E-state index in [1.165, 1.54) is 11.1 Å². The molecule has 2 unspecified atom stereocenters. The number of hydrogen-bond acceptors (Lipinski definition) is 3. The van der Waals surface area contributed by atoms with Crippen LogP contribution in [0.25, 0.3) is 0 Å². The van der Waals surface area contributed by atoms with Crippen molar-refractivity contribution in [1.29, 1.82) is 0 Å². The smallest absolute Gasteiger partial charge is 0.317 e. The third-order valence-corrected chi connectivity index (χ3v) is 7.08. The van der Waals surface area contributed by atoms with Crippen LogP contribution in [0.3, 0.4) is 0 Å². The zero-order valence-corrected chi connectivity index (χ0v) is 15.0. The number of benzene rings is 1. The SMILES string of the molecule is CCC1Cc2ccccc2CN1C(=O)NCC1CCCS(=O)(=O)C1. The average molecular weight is 350 g/mol. The summed E-state index contributed by atoms with van der Waals surface area (Å²) in [6, 6.07) is 8.41. The number of nitrogens with zero attached hydrogens (tertiary/aromatic N) is 1. The van der Waals surface area contributed by atoms with Crippen LogP contribution in [0.4, 0.5) is 4.79 Å². The topological polar surface area (TPSA) is 66.5 Å². The lowest BCUT2D eigenvalue weighted by Gasteiger charge is -2.37. The van der Waals surface area contributed by atoms with E-state index in [0.717, 1.165) is 19.3 Å². The Morgan fingerprint density at radius 2 is 2.04 bits per heavy atom. The minimum Gasteiger partial charge on any atom is -0.338 e. The van der Waals surface area contributed by atoms with Crippen LogP contribution in [0.5, 0.6) is 0 Å². The van der Waals surface area contributed by atoms with E-state index >= 15 is 0 Å². The summed E-state index contributed by atoms with van der Waals surface area (Å²) < 4.78 is 23.4. The molecule has 2 amide bonds. The van der Waals surface area contributed by atoms with E-state index in [2.05, 4.69) is 24.4 Å². The van der Waals surface area contributed by atoms with Crippen LogP contribution in [0.1, 0.15) is 37.3 Å². The van der Waals surface area contributed by atoms with Gasteiger partial charge in [0, 0.05) is 19.1 Å². The predicted octanol–water partition coefficient (Wildman–Crippen LogP) is 2.36. The Hall–Kier alpha value is -1.56. The molecular formula is C18H26N2O3S. The van der Waals surface area contributed by atoms with E-state index in [-0.39, 0.29) is 29.5 Å². The fourth-order valence-corrected chi connectivity index (χ4v) is 5.58. The standard InChI is InChI=1S/C18H26N2O3S/c1-2-17-10-15-7-3-4-8-16(15)12-20(17)18(21)19-11-14-6-5-9-24(22,23)13-14/h3-4,7-8,14,17H,2,5-6,9-13H2,1H3,(H,19,21). The molecule has 2 aliphatic rings. The first kappa shape index (κ1) is 17.3. The van der Waals surface area contributed by atoms with Gasteiger partial charge in [-0.3, -0.25) is 0 Å². The van der Waals surface area contributed by atoms with Gasteiger partial charge in [0.15, 0.2) is 9.84 Å². The average Bonchev–Trinajstić information content (AvgIpc) is 2.57. The fourth-order valence-electron chi connectivity index (χ4n) is 3.80. The first-order valence-corrected chi connectivity index (χ1v) is 10.6. The second-order valence-electron chi connectivity index (χ2n) is 6.97. The molecule has 1 N–H and O–H groups in total. The van der Waals surface area contributed by atoms with Crippen molar-refractivity contribution in [3.05, 3.63) is 35.4 Å². The molecule has 3 rings (SSSR count). The van der Waals surface area contributed by atoms with Crippen molar-refractivity contribution in [2.75, 3.05) is 18.1 Å². The molecule has 2 heterocycles. The molecule has 132 valence electrons. The number of carbonyl (C=O) groups is 1. The summed E-state index contributed by atoms with van der Waals surface area (Å²) in [6.45, 7) is 3.18. The van der Waals surface area contributed by atoms with Crippen molar-refractivity contribution < 1.29 is 13.2 Å². The summed E-state index contributed by atoms with van der Waals surface area (Å²) in [4.78, 5) is 14.5. The summed E-state index contributed by atoms with van der Waals surface area (Å²) in [7, 11) is -2.93. The number of fused-ring (bicyclic) bond motifs is 1. The molecule has 0 saturated carbocycles. The summed E-state index contributed by atoms with van der Waals surface area (Å²) in [5.74, 6) is 0.538. The van der Waals surface area contributed by atoms with Crippen molar-refractivity contribution >= 4 is 15.9 Å². The summed E-state index contributed by atoms with van der Waals surface area (Å²) in [6.07, 6.45) is 3.38. The zero-order valence-electron chi connectivity index (χ0n) is 14.2. The molecule has 0 spiro atoms. The van der Waals surface area contributed by atoms with E-state index in [1.54, 1.807) is 0 Å². The lowest BCUT2D eigenvalue weighted by atomic mass is 9.93. The maximum atomic E-state index is 12.6. The van der Waals surface area contributed by atoms with Crippen LogP contribution in [0.15, 0.2) is 24.3 Å². The number of hydrogen-bond donors (Lipinski definition) is 1. The Balaban J connectivity index is 1.62. The third-order valence-electron chi connectivity index (χ3n) is 5.19. The first-order valence-electron chi connectivity index (χ1n) is 8.80. The first-order chi connectivity index (χ1) is 11.5. The van der Waals surface area contributed by atoms with Crippen molar-refractivity contribution in [3.8, 4) is 0 Å². The second-order valence-corrected chi connectivity index (χ2v) is 9.20. The summed E-state index contributed by atoms with van der Waals surface area (Å²) >= 11 is 0. The molecule has 0 bridgehead atoms. The predicted molar refractivity (Wildman–Crippen MR) is 94.5 cm³/mol. The molecule has 1 aromatic carbocycles. The Labute approximate surface area is 144 Å². The number of amides is 2. The van der Waals surface area contributed by atoms with Gasteiger partial charge in [0.2, 0.25) is 0 Å².